The van der Waals surface area contributed by atoms with Crippen LogP contribution in [0.2, 0.25) is 0 Å². The minimum atomic E-state index is -4.73. The molecule has 0 spiro atoms. The summed E-state index contributed by atoms with van der Waals surface area (Å²) in [6, 6.07) is 7.34. The molecule has 2 N–H and O–H groups in total. The highest BCUT2D eigenvalue weighted by Crippen LogP contribution is 2.70. The third-order valence-corrected chi connectivity index (χ3v) is 9.30. The number of halogens is 6. The first-order valence-electron chi connectivity index (χ1n) is 14.6. The summed E-state index contributed by atoms with van der Waals surface area (Å²) < 4.78 is 106. The second kappa shape index (κ2) is 9.53. The molecule has 3 heterocycles. The van der Waals surface area contributed by atoms with E-state index in [0.717, 1.165) is 6.07 Å². The summed E-state index contributed by atoms with van der Waals surface area (Å²) in [5.74, 6) is -1.28. The van der Waals surface area contributed by atoms with Gasteiger partial charge in [0.25, 0.3) is 0 Å². The first-order chi connectivity index (χ1) is 21.7. The molecule has 5 aliphatic rings. The molecule has 2 aromatic carbocycles. The van der Waals surface area contributed by atoms with E-state index in [4.69, 9.17) is 9.26 Å². The zero-order valence-electron chi connectivity index (χ0n) is 24.0. The Bertz CT molecular complexity index is 1910. The van der Waals surface area contributed by atoms with E-state index in [-0.39, 0.29) is 46.0 Å². The quantitative estimate of drug-likeness (QED) is 0.219. The van der Waals surface area contributed by atoms with Crippen LogP contribution in [0, 0.1) is 5.82 Å². The largest absolute Gasteiger partial charge is 0.586 e. The Balaban J connectivity index is 1.09. The SMILES string of the molecule is C[C@H](Nc1cc(-n2nc(C(F)(F)F)c3c2[C@H](OC24CC(c5nc(=O)o[nH]5)(C2)C4)CCC3)ccc1F)c1ccc2c(c1)OC(F)(F)O2. The van der Waals surface area contributed by atoms with Crippen molar-refractivity contribution in [1.29, 1.82) is 0 Å². The molecule has 2 atom stereocenters. The number of hydrogen-bond acceptors (Lipinski definition) is 8. The van der Waals surface area contributed by atoms with Gasteiger partial charge in [0, 0.05) is 17.0 Å². The number of H-pyrrole nitrogens is 1. The van der Waals surface area contributed by atoms with Crippen LogP contribution in [-0.2, 0) is 22.7 Å². The molecule has 4 aliphatic carbocycles. The van der Waals surface area contributed by atoms with Crippen LogP contribution in [0.25, 0.3) is 5.69 Å². The van der Waals surface area contributed by atoms with E-state index in [9.17, 15) is 26.7 Å². The number of nitrogens with zero attached hydrogens (tertiary/aromatic N) is 3. The van der Waals surface area contributed by atoms with Crippen molar-refractivity contribution in [3.63, 3.8) is 0 Å². The van der Waals surface area contributed by atoms with Gasteiger partial charge in [-0.25, -0.2) is 19.0 Å². The molecule has 2 bridgehead atoms. The van der Waals surface area contributed by atoms with Crippen LogP contribution in [0.3, 0.4) is 0 Å². The number of alkyl halides is 5. The van der Waals surface area contributed by atoms with Crippen LogP contribution in [0.5, 0.6) is 11.5 Å². The lowest BCUT2D eigenvalue weighted by molar-refractivity contribution is -0.286. The molecule has 2 aromatic heterocycles. The van der Waals surface area contributed by atoms with Crippen molar-refractivity contribution in [1.82, 2.24) is 19.9 Å². The first kappa shape index (κ1) is 29.0. The molecular weight excluding hydrogens is 624 g/mol. The topological polar surface area (TPSA) is 116 Å². The van der Waals surface area contributed by atoms with Crippen molar-refractivity contribution in [2.75, 3.05) is 5.32 Å². The number of fused-ring (bicyclic) bond motifs is 2. The molecule has 0 unspecified atom stereocenters. The molecular formula is C30H25F6N5O5. The summed E-state index contributed by atoms with van der Waals surface area (Å²) in [6.07, 6.45) is -6.57. The fourth-order valence-corrected chi connectivity index (χ4v) is 7.32. The summed E-state index contributed by atoms with van der Waals surface area (Å²) in [7, 11) is 0. The lowest BCUT2D eigenvalue weighted by atomic mass is 9.40. The Kier molecular flexibility index (Phi) is 6.00. The summed E-state index contributed by atoms with van der Waals surface area (Å²) in [6.45, 7) is 1.66. The summed E-state index contributed by atoms with van der Waals surface area (Å²) in [5.41, 5.74) is -1.07. The number of anilines is 1. The van der Waals surface area contributed by atoms with Gasteiger partial charge in [-0.05, 0) is 81.3 Å². The third-order valence-electron chi connectivity index (χ3n) is 9.30. The minimum Gasteiger partial charge on any atom is -0.395 e. The Morgan fingerprint density at radius 1 is 1.11 bits per heavy atom. The van der Waals surface area contributed by atoms with Gasteiger partial charge in [-0.2, -0.15) is 23.3 Å². The molecule has 0 radical (unpaired) electrons. The molecule has 9 rings (SSSR count). The number of nitrogens with one attached hydrogen (secondary N) is 2. The van der Waals surface area contributed by atoms with E-state index < -0.39 is 47.5 Å². The predicted molar refractivity (Wildman–Crippen MR) is 145 cm³/mol. The maximum atomic E-state index is 15.1. The molecule has 3 saturated carbocycles. The van der Waals surface area contributed by atoms with Gasteiger partial charge in [0.05, 0.1) is 22.7 Å². The van der Waals surface area contributed by atoms with Gasteiger partial charge in [0.15, 0.2) is 23.0 Å². The van der Waals surface area contributed by atoms with Crippen molar-refractivity contribution in [3.05, 3.63) is 81.1 Å². The molecule has 4 aromatic rings. The summed E-state index contributed by atoms with van der Waals surface area (Å²) in [4.78, 5) is 15.3. The zero-order valence-corrected chi connectivity index (χ0v) is 24.0. The molecule has 46 heavy (non-hydrogen) atoms. The number of aromatic amines is 1. The summed E-state index contributed by atoms with van der Waals surface area (Å²) >= 11 is 0. The molecule has 10 nitrogen and oxygen atoms in total. The van der Waals surface area contributed by atoms with E-state index >= 15 is 4.39 Å². The summed E-state index contributed by atoms with van der Waals surface area (Å²) in [5, 5.41) is 9.51. The van der Waals surface area contributed by atoms with E-state index in [1.54, 1.807) is 6.92 Å². The lowest BCUT2D eigenvalue weighted by Gasteiger charge is -2.69. The fourth-order valence-electron chi connectivity index (χ4n) is 7.32. The predicted octanol–water partition coefficient (Wildman–Crippen LogP) is 6.47. The Morgan fingerprint density at radius 2 is 1.87 bits per heavy atom. The number of hydrogen-bond donors (Lipinski definition) is 2. The third kappa shape index (κ3) is 4.55. The maximum absolute atomic E-state index is 15.1. The van der Waals surface area contributed by atoms with Gasteiger partial charge in [-0.15, -0.1) is 8.78 Å². The highest BCUT2D eigenvalue weighted by Gasteiger charge is 2.72. The fraction of sp³-hybridized carbons (Fsp3) is 0.433. The minimum absolute atomic E-state index is 0.0373. The average molecular weight is 650 g/mol. The molecule has 0 saturated heterocycles. The van der Waals surface area contributed by atoms with Crippen molar-refractivity contribution in [3.8, 4) is 17.2 Å². The van der Waals surface area contributed by atoms with E-state index in [1.165, 1.54) is 35.0 Å². The highest BCUT2D eigenvalue weighted by atomic mass is 19.4. The van der Waals surface area contributed by atoms with Crippen LogP contribution in [0.1, 0.15) is 79.5 Å². The van der Waals surface area contributed by atoms with Crippen LogP contribution < -0.4 is 20.5 Å². The normalized spacial score (nSPS) is 26.2. The Morgan fingerprint density at radius 3 is 2.59 bits per heavy atom. The van der Waals surface area contributed by atoms with Gasteiger partial charge >= 0.3 is 18.2 Å². The first-order valence-corrected chi connectivity index (χ1v) is 14.6. The van der Waals surface area contributed by atoms with Crippen LogP contribution in [-0.4, -0.2) is 31.8 Å². The second-order valence-electron chi connectivity index (χ2n) is 12.4. The van der Waals surface area contributed by atoms with Crippen LogP contribution in [0.15, 0.2) is 45.7 Å². The van der Waals surface area contributed by atoms with Crippen LogP contribution >= 0.6 is 0 Å². The number of aromatic nitrogens is 4. The number of rotatable bonds is 7. The van der Waals surface area contributed by atoms with Gasteiger partial charge in [-0.3, -0.25) is 0 Å². The average Bonchev–Trinajstić information content (AvgIpc) is 3.64. The van der Waals surface area contributed by atoms with Gasteiger partial charge in [-0.1, -0.05) is 6.07 Å². The van der Waals surface area contributed by atoms with Crippen molar-refractivity contribution in [2.45, 2.75) is 81.1 Å². The Labute approximate surface area is 255 Å². The molecule has 242 valence electrons. The van der Waals surface area contributed by atoms with E-state index in [0.29, 0.717) is 43.5 Å². The standard InChI is InChI=1S/C30H25F6N5O5/c1-14(15-5-8-20-22(9-15)45-30(35,36)44-20)37-19-10-16(6-7-18(19)31)41-23-17(24(39-41)29(32,33)34)3-2-4-21(23)43-28-11-27(12-28,13-28)25-38-26(42)46-40-25/h5-10,14,21,37H,2-4,11-13H2,1H3,(H,38,40,42)/t14-,21+,27?,28?/m0/s1. The van der Waals surface area contributed by atoms with Crippen molar-refractivity contribution in [2.24, 2.45) is 0 Å². The van der Waals surface area contributed by atoms with Crippen LogP contribution in [0.4, 0.5) is 32.0 Å². The van der Waals surface area contributed by atoms with Gasteiger partial charge in [0.2, 0.25) is 0 Å². The monoisotopic (exact) mass is 649 g/mol. The Hall–Kier alpha value is -4.47. The van der Waals surface area contributed by atoms with Gasteiger partial charge in [0.1, 0.15) is 11.9 Å². The van der Waals surface area contributed by atoms with E-state index in [1.807, 2.05) is 0 Å². The second-order valence-corrected chi connectivity index (χ2v) is 12.4. The smallest absolute Gasteiger partial charge is 0.395 e. The van der Waals surface area contributed by atoms with Crippen molar-refractivity contribution >= 4 is 5.69 Å². The molecule has 3 fully saturated rings. The lowest BCUT2D eigenvalue weighted by Crippen LogP contribution is -2.71. The zero-order chi connectivity index (χ0) is 32.2. The maximum Gasteiger partial charge on any atom is 0.586 e. The number of benzene rings is 2. The van der Waals surface area contributed by atoms with Gasteiger partial charge < -0.3 is 24.1 Å². The van der Waals surface area contributed by atoms with Crippen molar-refractivity contribution < 1.29 is 45.1 Å². The molecule has 16 heteroatoms. The molecule has 1 aliphatic heterocycles. The highest BCUT2D eigenvalue weighted by molar-refractivity contribution is 5.56. The van der Waals surface area contributed by atoms with E-state index in [2.05, 4.69) is 30.0 Å². The molecule has 0 amide bonds. The number of ether oxygens (including phenoxy) is 3.